The molecule has 0 aromatic heterocycles. The Kier molecular flexibility index (Phi) is 41.7. The van der Waals surface area contributed by atoms with E-state index in [1.807, 2.05) is 0 Å². The highest BCUT2D eigenvalue weighted by Crippen LogP contribution is 2.22. The number of carbonyl (C=O) groups excluding carboxylic acids is 1. The van der Waals surface area contributed by atoms with E-state index >= 15 is 0 Å². The molecule has 1 heterocycles. The molecular weight excluding hydrogens is 793 g/mol. The second-order valence-electron chi connectivity index (χ2n) is 17.2. The standard InChI is InChI=1S/C54H94O9/c1-3-5-7-9-11-13-15-17-19-21-23-24-25-26-28-30-32-34-36-38-40-42-44-60-46-48(47-61-54-53(59)52(58)51(57)49(45-55)63-54)62-50(56)43-41-39-37-35-33-31-29-27-22-20-18-16-14-12-10-8-6-4-2/h5,7,11,13,17,19-20,22-24,26,28,48-49,51-55,57-59H,3-4,6,8-10,12,14-16,18,21,25,27,29-47H2,1-2H3/b7-5-,13-11-,19-17-,22-20-,24-23-,28-26-. The lowest BCUT2D eigenvalue weighted by atomic mass is 9.99. The molecule has 6 atom stereocenters. The summed E-state index contributed by atoms with van der Waals surface area (Å²) in [6.07, 6.45) is 52.1. The second-order valence-corrected chi connectivity index (χ2v) is 17.2. The van der Waals surface area contributed by atoms with Gasteiger partial charge in [-0.25, -0.2) is 0 Å². The summed E-state index contributed by atoms with van der Waals surface area (Å²) in [5.41, 5.74) is 0. The van der Waals surface area contributed by atoms with Gasteiger partial charge >= 0.3 is 5.97 Å². The van der Waals surface area contributed by atoms with E-state index < -0.39 is 43.4 Å². The fourth-order valence-corrected chi connectivity index (χ4v) is 7.40. The number of aliphatic hydroxyl groups is 4. The Hall–Kier alpha value is -2.37. The van der Waals surface area contributed by atoms with Gasteiger partial charge in [0, 0.05) is 13.0 Å². The number of unbranched alkanes of at least 4 members (excludes halogenated alkanes) is 20. The van der Waals surface area contributed by atoms with E-state index in [0.717, 1.165) is 77.0 Å². The number of hydrogen-bond acceptors (Lipinski definition) is 9. The predicted molar refractivity (Wildman–Crippen MR) is 260 cm³/mol. The number of carbonyl (C=O) groups is 1. The van der Waals surface area contributed by atoms with Crippen molar-refractivity contribution in [1.29, 1.82) is 0 Å². The van der Waals surface area contributed by atoms with Crippen molar-refractivity contribution < 1.29 is 44.2 Å². The molecule has 4 N–H and O–H groups in total. The molecular formula is C54H94O9. The lowest BCUT2D eigenvalue weighted by Gasteiger charge is -2.39. The van der Waals surface area contributed by atoms with Gasteiger partial charge in [0.15, 0.2) is 6.29 Å². The fourth-order valence-electron chi connectivity index (χ4n) is 7.40. The van der Waals surface area contributed by atoms with E-state index in [-0.39, 0.29) is 19.2 Å². The molecule has 1 saturated heterocycles. The maximum Gasteiger partial charge on any atom is 0.306 e. The average Bonchev–Trinajstić information content (AvgIpc) is 3.28. The van der Waals surface area contributed by atoms with Crippen LogP contribution in [0.25, 0.3) is 0 Å². The maximum atomic E-state index is 12.8. The molecule has 0 saturated carbocycles. The van der Waals surface area contributed by atoms with Crippen LogP contribution < -0.4 is 0 Å². The molecule has 6 unspecified atom stereocenters. The van der Waals surface area contributed by atoms with E-state index in [4.69, 9.17) is 18.9 Å². The first-order valence-electron chi connectivity index (χ1n) is 25.5. The van der Waals surface area contributed by atoms with Gasteiger partial charge in [-0.1, -0.05) is 183 Å². The molecule has 0 spiro atoms. The van der Waals surface area contributed by atoms with Crippen LogP contribution in [0.3, 0.4) is 0 Å². The lowest BCUT2D eigenvalue weighted by molar-refractivity contribution is -0.305. The molecule has 1 aliphatic heterocycles. The van der Waals surface area contributed by atoms with Gasteiger partial charge in [-0.3, -0.25) is 4.79 Å². The molecule has 0 aromatic carbocycles. The van der Waals surface area contributed by atoms with Crippen molar-refractivity contribution in [2.45, 2.75) is 237 Å². The SMILES string of the molecule is CC/C=C\C/C=C\C/C=C\C/C=C\C/C=C\CCCCCCCCOCC(COC1OC(CO)C(O)C(O)C1O)OC(=O)CCCCCCCCC/C=C\CCCCCCCCC. The minimum Gasteiger partial charge on any atom is -0.457 e. The Morgan fingerprint density at radius 2 is 0.968 bits per heavy atom. The van der Waals surface area contributed by atoms with Crippen LogP contribution in [0.1, 0.15) is 200 Å². The van der Waals surface area contributed by atoms with Gasteiger partial charge in [0.2, 0.25) is 0 Å². The van der Waals surface area contributed by atoms with Crippen LogP contribution in [-0.2, 0) is 23.7 Å². The summed E-state index contributed by atoms with van der Waals surface area (Å²) in [7, 11) is 0. The van der Waals surface area contributed by atoms with Crippen LogP contribution >= 0.6 is 0 Å². The van der Waals surface area contributed by atoms with Crippen molar-refractivity contribution in [2.75, 3.05) is 26.4 Å². The van der Waals surface area contributed by atoms with Gasteiger partial charge in [0.05, 0.1) is 19.8 Å². The van der Waals surface area contributed by atoms with Crippen molar-refractivity contribution in [3.05, 3.63) is 72.9 Å². The Labute approximate surface area is 385 Å². The van der Waals surface area contributed by atoms with Crippen LogP contribution in [0.5, 0.6) is 0 Å². The summed E-state index contributed by atoms with van der Waals surface area (Å²) < 4.78 is 22.9. The summed E-state index contributed by atoms with van der Waals surface area (Å²) in [4.78, 5) is 12.8. The molecule has 364 valence electrons. The molecule has 63 heavy (non-hydrogen) atoms. The van der Waals surface area contributed by atoms with Crippen molar-refractivity contribution in [1.82, 2.24) is 0 Å². The monoisotopic (exact) mass is 887 g/mol. The number of allylic oxidation sites excluding steroid dienone is 12. The van der Waals surface area contributed by atoms with Gasteiger partial charge in [-0.2, -0.15) is 0 Å². The first-order chi connectivity index (χ1) is 30.9. The topological polar surface area (TPSA) is 135 Å². The van der Waals surface area contributed by atoms with E-state index in [0.29, 0.717) is 13.0 Å². The molecule has 0 aromatic rings. The van der Waals surface area contributed by atoms with Crippen LogP contribution in [0.2, 0.25) is 0 Å². The van der Waals surface area contributed by atoms with E-state index in [1.165, 1.54) is 103 Å². The minimum absolute atomic E-state index is 0.124. The van der Waals surface area contributed by atoms with E-state index in [9.17, 15) is 25.2 Å². The molecule has 1 rings (SSSR count). The highest BCUT2D eigenvalue weighted by Gasteiger charge is 2.44. The van der Waals surface area contributed by atoms with Crippen LogP contribution in [0.4, 0.5) is 0 Å². The van der Waals surface area contributed by atoms with Gasteiger partial charge in [-0.15, -0.1) is 0 Å². The first kappa shape index (κ1) is 58.6. The molecule has 9 heteroatoms. The van der Waals surface area contributed by atoms with Gasteiger partial charge in [-0.05, 0) is 83.5 Å². The molecule has 1 fully saturated rings. The van der Waals surface area contributed by atoms with Crippen molar-refractivity contribution >= 4 is 5.97 Å². The average molecular weight is 887 g/mol. The van der Waals surface area contributed by atoms with Gasteiger partial charge in [0.1, 0.15) is 30.5 Å². The third kappa shape index (κ3) is 35.6. The van der Waals surface area contributed by atoms with Crippen molar-refractivity contribution in [3.63, 3.8) is 0 Å². The molecule has 0 amide bonds. The number of aliphatic hydroxyl groups excluding tert-OH is 4. The van der Waals surface area contributed by atoms with Crippen LogP contribution in [-0.4, -0.2) is 89.6 Å². The van der Waals surface area contributed by atoms with Crippen molar-refractivity contribution in [2.24, 2.45) is 0 Å². The number of rotatable bonds is 43. The number of esters is 1. The Bertz CT molecular complexity index is 1190. The van der Waals surface area contributed by atoms with Crippen LogP contribution in [0, 0.1) is 0 Å². The summed E-state index contributed by atoms with van der Waals surface area (Å²) in [5, 5.41) is 40.2. The highest BCUT2D eigenvalue weighted by atomic mass is 16.7. The quantitative estimate of drug-likeness (QED) is 0.0268. The molecule has 9 nitrogen and oxygen atoms in total. The Balaban J connectivity index is 2.24. The maximum absolute atomic E-state index is 12.8. The zero-order chi connectivity index (χ0) is 45.7. The summed E-state index contributed by atoms with van der Waals surface area (Å²) in [6.45, 7) is 4.41. The third-order valence-electron chi connectivity index (χ3n) is 11.4. The summed E-state index contributed by atoms with van der Waals surface area (Å²) >= 11 is 0. The first-order valence-corrected chi connectivity index (χ1v) is 25.5. The molecule has 0 radical (unpaired) electrons. The third-order valence-corrected chi connectivity index (χ3v) is 11.4. The van der Waals surface area contributed by atoms with Crippen LogP contribution in [0.15, 0.2) is 72.9 Å². The zero-order valence-corrected chi connectivity index (χ0v) is 40.1. The highest BCUT2D eigenvalue weighted by molar-refractivity contribution is 5.69. The Morgan fingerprint density at radius 1 is 0.524 bits per heavy atom. The summed E-state index contributed by atoms with van der Waals surface area (Å²) in [5.74, 6) is -0.325. The number of ether oxygens (including phenoxy) is 4. The van der Waals surface area contributed by atoms with Gasteiger partial charge < -0.3 is 39.4 Å². The normalized spacial score (nSPS) is 20.3. The van der Waals surface area contributed by atoms with E-state index in [1.54, 1.807) is 0 Å². The fraction of sp³-hybridized carbons (Fsp3) is 0.759. The van der Waals surface area contributed by atoms with Crippen molar-refractivity contribution in [3.8, 4) is 0 Å². The lowest BCUT2D eigenvalue weighted by Crippen LogP contribution is -2.59. The van der Waals surface area contributed by atoms with E-state index in [2.05, 4.69) is 86.8 Å². The minimum atomic E-state index is -1.54. The zero-order valence-electron chi connectivity index (χ0n) is 40.1. The second kappa shape index (κ2) is 44.8. The molecule has 1 aliphatic rings. The molecule has 0 bridgehead atoms. The molecule has 0 aliphatic carbocycles. The smallest absolute Gasteiger partial charge is 0.306 e. The predicted octanol–water partition coefficient (Wildman–Crippen LogP) is 12.4. The largest absolute Gasteiger partial charge is 0.457 e. The number of hydrogen-bond donors (Lipinski definition) is 4. The Morgan fingerprint density at radius 3 is 1.48 bits per heavy atom. The van der Waals surface area contributed by atoms with Gasteiger partial charge in [0.25, 0.3) is 0 Å². The summed E-state index contributed by atoms with van der Waals surface area (Å²) in [6, 6.07) is 0.